The van der Waals surface area contributed by atoms with Gasteiger partial charge in [-0.2, -0.15) is 13.2 Å². The van der Waals surface area contributed by atoms with E-state index in [-0.39, 0.29) is 11.4 Å². The molecule has 6 nitrogen and oxygen atoms in total. The van der Waals surface area contributed by atoms with Gasteiger partial charge >= 0.3 is 12.1 Å². The molecule has 0 aliphatic rings. The van der Waals surface area contributed by atoms with E-state index in [1.54, 1.807) is 0 Å². The molecular formula is C12H11F3N4O2. The number of aromatic nitrogens is 4. The second-order valence-corrected chi connectivity index (χ2v) is 4.86. The number of carbonyl (C=O) groups is 1. The van der Waals surface area contributed by atoms with Crippen LogP contribution in [-0.4, -0.2) is 31.3 Å². The summed E-state index contributed by atoms with van der Waals surface area (Å²) in [5, 5.41) is 19.7. The van der Waals surface area contributed by atoms with Gasteiger partial charge in [-0.05, 0) is 36.4 Å². The molecule has 1 N–H and O–H groups in total. The van der Waals surface area contributed by atoms with E-state index in [1.807, 2.05) is 0 Å². The van der Waals surface area contributed by atoms with Gasteiger partial charge in [0.1, 0.15) is 0 Å². The van der Waals surface area contributed by atoms with Crippen molar-refractivity contribution in [1.82, 2.24) is 20.2 Å². The van der Waals surface area contributed by atoms with Crippen molar-refractivity contribution in [2.45, 2.75) is 25.6 Å². The van der Waals surface area contributed by atoms with Crippen molar-refractivity contribution in [2.75, 3.05) is 0 Å². The maximum Gasteiger partial charge on any atom is 0.416 e. The monoisotopic (exact) mass is 300 g/mol. The molecule has 0 aliphatic carbocycles. The lowest BCUT2D eigenvalue weighted by atomic mass is 10.0. The number of nitrogens with zero attached hydrogens (tertiary/aromatic N) is 4. The van der Waals surface area contributed by atoms with Gasteiger partial charge < -0.3 is 5.11 Å². The quantitative estimate of drug-likeness (QED) is 0.939. The molecule has 0 unspecified atom stereocenters. The fourth-order valence-corrected chi connectivity index (χ4v) is 1.67. The number of hydrogen-bond donors (Lipinski definition) is 1. The van der Waals surface area contributed by atoms with Gasteiger partial charge in [0.05, 0.1) is 5.56 Å². The highest BCUT2D eigenvalue weighted by Crippen LogP contribution is 2.32. The molecule has 2 aromatic rings. The summed E-state index contributed by atoms with van der Waals surface area (Å²) in [6.07, 6.45) is -4.50. The number of hydrogen-bond acceptors (Lipinski definition) is 4. The Labute approximate surface area is 117 Å². The molecule has 9 heteroatoms. The van der Waals surface area contributed by atoms with E-state index < -0.39 is 23.2 Å². The molecule has 0 radical (unpaired) electrons. The summed E-state index contributed by atoms with van der Waals surface area (Å²) in [4.78, 5) is 11.2. The molecule has 0 aliphatic heterocycles. The van der Waals surface area contributed by atoms with Crippen LogP contribution in [0.1, 0.15) is 19.4 Å². The van der Waals surface area contributed by atoms with Crippen molar-refractivity contribution in [3.63, 3.8) is 0 Å². The van der Waals surface area contributed by atoms with Gasteiger partial charge in [-0.1, -0.05) is 12.1 Å². The maximum atomic E-state index is 12.7. The molecule has 0 bridgehead atoms. The third-order valence-electron chi connectivity index (χ3n) is 2.97. The summed E-state index contributed by atoms with van der Waals surface area (Å²) in [5.74, 6) is -1.25. The first-order valence-electron chi connectivity index (χ1n) is 5.84. The Morgan fingerprint density at radius 1 is 1.29 bits per heavy atom. The van der Waals surface area contributed by atoms with Crippen molar-refractivity contribution in [1.29, 1.82) is 0 Å². The van der Waals surface area contributed by atoms with Crippen LogP contribution >= 0.6 is 0 Å². The molecule has 0 spiro atoms. The van der Waals surface area contributed by atoms with E-state index >= 15 is 0 Å². The summed E-state index contributed by atoms with van der Waals surface area (Å²) in [5.41, 5.74) is -2.26. The fraction of sp³-hybridized carbons (Fsp3) is 0.333. The zero-order valence-electron chi connectivity index (χ0n) is 11.1. The third kappa shape index (κ3) is 2.71. The Balaban J connectivity index is 2.55. The van der Waals surface area contributed by atoms with Gasteiger partial charge in [-0.15, -0.1) is 5.10 Å². The molecule has 1 aromatic carbocycles. The Kier molecular flexibility index (Phi) is 3.44. The largest absolute Gasteiger partial charge is 0.479 e. The zero-order valence-corrected chi connectivity index (χ0v) is 11.1. The number of halogens is 3. The van der Waals surface area contributed by atoms with Crippen molar-refractivity contribution in [2.24, 2.45) is 0 Å². The molecule has 0 fully saturated rings. The molecule has 0 saturated heterocycles. The van der Waals surface area contributed by atoms with Gasteiger partial charge in [0.15, 0.2) is 11.4 Å². The molecule has 21 heavy (non-hydrogen) atoms. The predicted octanol–water partition coefficient (Wildman–Crippen LogP) is 2.18. The van der Waals surface area contributed by atoms with E-state index in [9.17, 15) is 23.1 Å². The van der Waals surface area contributed by atoms with Crippen molar-refractivity contribution in [3.05, 3.63) is 29.8 Å². The van der Waals surface area contributed by atoms with Gasteiger partial charge in [-0.3, -0.25) is 0 Å². The van der Waals surface area contributed by atoms with Gasteiger partial charge in [0, 0.05) is 5.56 Å². The average Bonchev–Trinajstić information content (AvgIpc) is 2.87. The number of alkyl halides is 3. The average molecular weight is 300 g/mol. The zero-order chi connectivity index (χ0) is 15.8. The number of aliphatic carboxylic acids is 1. The second-order valence-electron chi connectivity index (χ2n) is 4.86. The van der Waals surface area contributed by atoms with E-state index in [4.69, 9.17) is 0 Å². The van der Waals surface area contributed by atoms with Crippen LogP contribution in [0.5, 0.6) is 0 Å². The summed E-state index contributed by atoms with van der Waals surface area (Å²) >= 11 is 0. The van der Waals surface area contributed by atoms with Crippen LogP contribution in [0.15, 0.2) is 24.3 Å². The molecule has 0 atom stereocenters. The Morgan fingerprint density at radius 2 is 1.95 bits per heavy atom. The number of carboxylic acids is 1. The van der Waals surface area contributed by atoms with Crippen LogP contribution < -0.4 is 0 Å². The topological polar surface area (TPSA) is 80.9 Å². The van der Waals surface area contributed by atoms with E-state index in [2.05, 4.69) is 15.5 Å². The van der Waals surface area contributed by atoms with Crippen LogP contribution in [0.3, 0.4) is 0 Å². The standard InChI is InChI=1S/C12H11F3N4O2/c1-11(2,10(20)21)19-9(16-17-18-19)7-4-3-5-8(6-7)12(13,14)15/h3-6H,1-2H3,(H,20,21). The van der Waals surface area contributed by atoms with Crippen molar-refractivity contribution >= 4 is 5.97 Å². The Hall–Kier alpha value is -2.45. The highest BCUT2D eigenvalue weighted by atomic mass is 19.4. The first-order chi connectivity index (χ1) is 9.64. The summed E-state index contributed by atoms with van der Waals surface area (Å²) in [7, 11) is 0. The predicted molar refractivity (Wildman–Crippen MR) is 65.2 cm³/mol. The Bertz CT molecular complexity index is 679. The van der Waals surface area contributed by atoms with Gasteiger partial charge in [-0.25, -0.2) is 9.48 Å². The van der Waals surface area contributed by atoms with Crippen LogP contribution in [0, 0.1) is 0 Å². The maximum absolute atomic E-state index is 12.7. The first-order valence-corrected chi connectivity index (χ1v) is 5.84. The SMILES string of the molecule is CC(C)(C(=O)O)n1nnnc1-c1cccc(C(F)(F)F)c1. The van der Waals surface area contributed by atoms with Crippen LogP contribution in [0.2, 0.25) is 0 Å². The second kappa shape index (κ2) is 4.83. The van der Waals surface area contributed by atoms with E-state index in [0.717, 1.165) is 16.8 Å². The molecule has 0 amide bonds. The smallest absolute Gasteiger partial charge is 0.416 e. The normalized spacial score (nSPS) is 12.4. The molecule has 0 saturated carbocycles. The lowest BCUT2D eigenvalue weighted by molar-refractivity contribution is -0.146. The van der Waals surface area contributed by atoms with E-state index in [0.29, 0.717) is 0 Å². The first kappa shape index (κ1) is 14.9. The highest BCUT2D eigenvalue weighted by molar-refractivity contribution is 5.76. The number of benzene rings is 1. The summed E-state index contributed by atoms with van der Waals surface area (Å²) < 4.78 is 39.1. The minimum absolute atomic E-state index is 0.0477. The van der Waals surface area contributed by atoms with Crippen LogP contribution in [0.4, 0.5) is 13.2 Å². The van der Waals surface area contributed by atoms with Crippen molar-refractivity contribution < 1.29 is 23.1 Å². The molecule has 1 aromatic heterocycles. The molecule has 1 heterocycles. The number of carboxylic acid groups (broad SMARTS) is 1. The van der Waals surface area contributed by atoms with E-state index in [1.165, 1.54) is 26.0 Å². The molecule has 2 rings (SSSR count). The minimum Gasteiger partial charge on any atom is -0.479 e. The highest BCUT2D eigenvalue weighted by Gasteiger charge is 2.35. The van der Waals surface area contributed by atoms with Crippen LogP contribution in [-0.2, 0) is 16.5 Å². The minimum atomic E-state index is -4.50. The number of tetrazole rings is 1. The lowest BCUT2D eigenvalue weighted by Gasteiger charge is -2.20. The number of rotatable bonds is 3. The van der Waals surface area contributed by atoms with Gasteiger partial charge in [0.25, 0.3) is 0 Å². The Morgan fingerprint density at radius 3 is 2.52 bits per heavy atom. The molecular weight excluding hydrogens is 289 g/mol. The van der Waals surface area contributed by atoms with Crippen molar-refractivity contribution in [3.8, 4) is 11.4 Å². The third-order valence-corrected chi connectivity index (χ3v) is 2.97. The summed E-state index contributed by atoms with van der Waals surface area (Å²) in [6, 6.07) is 4.39. The molecule has 112 valence electrons. The van der Waals surface area contributed by atoms with Gasteiger partial charge in [0.2, 0.25) is 0 Å². The van der Waals surface area contributed by atoms with Crippen LogP contribution in [0.25, 0.3) is 11.4 Å². The fourth-order valence-electron chi connectivity index (χ4n) is 1.67. The summed E-state index contributed by atoms with van der Waals surface area (Å²) in [6.45, 7) is 2.70. The lowest BCUT2D eigenvalue weighted by Crippen LogP contribution is -2.37.